The van der Waals surface area contributed by atoms with Crippen LogP contribution in [-0.4, -0.2) is 31.2 Å². The summed E-state index contributed by atoms with van der Waals surface area (Å²) in [5.74, 6) is -1.40. The zero-order chi connectivity index (χ0) is 15.0. The summed E-state index contributed by atoms with van der Waals surface area (Å²) < 4.78 is 4.48. The summed E-state index contributed by atoms with van der Waals surface area (Å²) in [5.41, 5.74) is 6.80. The molecule has 0 aliphatic heterocycles. The van der Waals surface area contributed by atoms with E-state index < -0.39 is 17.9 Å². The van der Waals surface area contributed by atoms with Gasteiger partial charge in [0.15, 0.2) is 5.78 Å². The first-order chi connectivity index (χ1) is 9.56. The zero-order valence-electron chi connectivity index (χ0n) is 11.5. The summed E-state index contributed by atoms with van der Waals surface area (Å²) in [6, 6.07) is 8.74. The van der Waals surface area contributed by atoms with E-state index in [9.17, 15) is 14.4 Å². The van der Waals surface area contributed by atoms with Crippen molar-refractivity contribution in [3.8, 4) is 0 Å². The van der Waals surface area contributed by atoms with Crippen molar-refractivity contribution in [3.05, 3.63) is 35.9 Å². The Hall–Kier alpha value is -2.01. The second-order valence-corrected chi connectivity index (χ2v) is 4.64. The normalized spacial score (nSPS) is 13.3. The van der Waals surface area contributed by atoms with Crippen molar-refractivity contribution in [3.63, 3.8) is 0 Å². The number of benzene rings is 1. The number of esters is 1. The molecule has 20 heavy (non-hydrogen) atoms. The molecular weight excluding hydrogens is 258 g/mol. The highest BCUT2D eigenvalue weighted by Crippen LogP contribution is 2.11. The van der Waals surface area contributed by atoms with Gasteiger partial charge in [-0.2, -0.15) is 0 Å². The highest BCUT2D eigenvalue weighted by atomic mass is 16.5. The van der Waals surface area contributed by atoms with E-state index in [0.29, 0.717) is 12.7 Å². The fourth-order valence-corrected chi connectivity index (χ4v) is 1.86. The summed E-state index contributed by atoms with van der Waals surface area (Å²) in [6.45, 7) is 0. The van der Waals surface area contributed by atoms with Crippen LogP contribution in [0, 0.1) is 5.92 Å². The van der Waals surface area contributed by atoms with Crippen LogP contribution in [0.3, 0.4) is 0 Å². The van der Waals surface area contributed by atoms with Crippen LogP contribution in [0.1, 0.15) is 18.4 Å². The number of carbonyl (C=O) groups is 3. The SMILES string of the molecule is COC(=O)C[C@@H](C=O)CC(=O)[C@H](N)Cc1ccccc1. The van der Waals surface area contributed by atoms with E-state index in [1.807, 2.05) is 30.3 Å². The maximum Gasteiger partial charge on any atom is 0.306 e. The van der Waals surface area contributed by atoms with E-state index in [1.165, 1.54) is 7.11 Å². The zero-order valence-corrected chi connectivity index (χ0v) is 11.5. The van der Waals surface area contributed by atoms with Crippen LogP contribution in [-0.2, 0) is 25.5 Å². The van der Waals surface area contributed by atoms with Gasteiger partial charge in [-0.25, -0.2) is 0 Å². The van der Waals surface area contributed by atoms with Gasteiger partial charge in [0, 0.05) is 12.3 Å². The van der Waals surface area contributed by atoms with Crippen molar-refractivity contribution in [1.82, 2.24) is 0 Å². The third-order valence-electron chi connectivity index (χ3n) is 3.02. The number of ketones is 1. The predicted molar refractivity (Wildman–Crippen MR) is 73.9 cm³/mol. The van der Waals surface area contributed by atoms with Crippen LogP contribution >= 0.6 is 0 Å². The van der Waals surface area contributed by atoms with Crippen LogP contribution < -0.4 is 5.73 Å². The molecule has 0 unspecified atom stereocenters. The van der Waals surface area contributed by atoms with Gasteiger partial charge < -0.3 is 15.3 Å². The van der Waals surface area contributed by atoms with Crippen LogP contribution in [0.4, 0.5) is 0 Å². The average molecular weight is 277 g/mol. The third kappa shape index (κ3) is 5.32. The van der Waals surface area contributed by atoms with Crippen LogP contribution in [0.2, 0.25) is 0 Å². The molecule has 2 N–H and O–H groups in total. The molecule has 108 valence electrons. The minimum atomic E-state index is -0.670. The maximum absolute atomic E-state index is 12.0. The lowest BCUT2D eigenvalue weighted by Gasteiger charge is -2.13. The third-order valence-corrected chi connectivity index (χ3v) is 3.02. The number of hydrogen-bond donors (Lipinski definition) is 1. The molecule has 0 aliphatic rings. The molecule has 0 heterocycles. The Morgan fingerprint density at radius 3 is 2.45 bits per heavy atom. The number of carbonyl (C=O) groups excluding carboxylic acids is 3. The molecule has 0 fully saturated rings. The Morgan fingerprint density at radius 1 is 1.25 bits per heavy atom. The second-order valence-electron chi connectivity index (χ2n) is 4.64. The second kappa shape index (κ2) is 8.22. The van der Waals surface area contributed by atoms with Crippen molar-refractivity contribution in [2.45, 2.75) is 25.3 Å². The molecule has 1 rings (SSSR count). The Labute approximate surface area is 118 Å². The molecular formula is C15H19NO4. The van der Waals surface area contributed by atoms with E-state index in [-0.39, 0.29) is 18.6 Å². The average Bonchev–Trinajstić information content (AvgIpc) is 2.47. The molecule has 0 aromatic heterocycles. The molecule has 5 heteroatoms. The van der Waals surface area contributed by atoms with Crippen LogP contribution in [0.5, 0.6) is 0 Å². The first kappa shape index (κ1) is 16.0. The van der Waals surface area contributed by atoms with Gasteiger partial charge in [-0.3, -0.25) is 9.59 Å². The quantitative estimate of drug-likeness (QED) is 0.563. The standard InChI is InChI=1S/C15H19NO4/c1-20-15(19)9-12(10-17)8-14(18)13(16)7-11-5-3-2-4-6-11/h2-6,10,12-13H,7-9,16H2,1H3/t12-,13+/m0/s1. The molecule has 0 aliphatic carbocycles. The minimum absolute atomic E-state index is 0.0351. The predicted octanol–water partition coefficient (Wildman–Crippen LogP) is 0.894. The van der Waals surface area contributed by atoms with E-state index in [0.717, 1.165) is 5.56 Å². The monoisotopic (exact) mass is 277 g/mol. The van der Waals surface area contributed by atoms with E-state index in [1.54, 1.807) is 0 Å². The van der Waals surface area contributed by atoms with Crippen LogP contribution in [0.25, 0.3) is 0 Å². The number of aldehydes is 1. The maximum atomic E-state index is 12.0. The molecule has 2 atom stereocenters. The highest BCUT2D eigenvalue weighted by molar-refractivity contribution is 5.87. The minimum Gasteiger partial charge on any atom is -0.469 e. The Kier molecular flexibility index (Phi) is 6.59. The van der Waals surface area contributed by atoms with Crippen molar-refractivity contribution in [2.24, 2.45) is 11.7 Å². The molecule has 0 radical (unpaired) electrons. The van der Waals surface area contributed by atoms with Crippen molar-refractivity contribution < 1.29 is 19.1 Å². The molecule has 0 saturated heterocycles. The first-order valence-electron chi connectivity index (χ1n) is 6.41. The summed E-state index contributed by atoms with van der Waals surface area (Å²) in [7, 11) is 1.24. The van der Waals surface area contributed by atoms with Gasteiger partial charge >= 0.3 is 5.97 Å². The topological polar surface area (TPSA) is 86.5 Å². The fourth-order valence-electron chi connectivity index (χ4n) is 1.86. The van der Waals surface area contributed by atoms with Gasteiger partial charge in [-0.15, -0.1) is 0 Å². The van der Waals surface area contributed by atoms with E-state index >= 15 is 0 Å². The molecule has 1 aromatic carbocycles. The van der Waals surface area contributed by atoms with Gasteiger partial charge in [-0.1, -0.05) is 30.3 Å². The molecule has 5 nitrogen and oxygen atoms in total. The molecule has 0 amide bonds. The highest BCUT2D eigenvalue weighted by Gasteiger charge is 2.21. The molecule has 1 aromatic rings. The lowest BCUT2D eigenvalue weighted by Crippen LogP contribution is -2.34. The van der Waals surface area contributed by atoms with Gasteiger partial charge in [0.1, 0.15) is 6.29 Å². The van der Waals surface area contributed by atoms with Crippen molar-refractivity contribution in [2.75, 3.05) is 7.11 Å². The molecule has 0 bridgehead atoms. The number of methoxy groups -OCH3 is 1. The van der Waals surface area contributed by atoms with Crippen molar-refractivity contribution in [1.29, 1.82) is 0 Å². The fraction of sp³-hybridized carbons (Fsp3) is 0.400. The molecule has 0 saturated carbocycles. The Balaban J connectivity index is 2.51. The number of Topliss-reactive ketones (excluding diaryl/α,β-unsaturated/α-hetero) is 1. The van der Waals surface area contributed by atoms with Gasteiger partial charge in [-0.05, 0) is 12.0 Å². The Bertz CT molecular complexity index is 458. The number of ether oxygens (including phenoxy) is 1. The molecule has 0 spiro atoms. The van der Waals surface area contributed by atoms with Crippen LogP contribution in [0.15, 0.2) is 30.3 Å². The number of nitrogens with two attached hydrogens (primary N) is 1. The summed E-state index contributed by atoms with van der Waals surface area (Å²) in [4.78, 5) is 33.9. The van der Waals surface area contributed by atoms with Gasteiger partial charge in [0.25, 0.3) is 0 Å². The van der Waals surface area contributed by atoms with E-state index in [4.69, 9.17) is 5.73 Å². The first-order valence-corrected chi connectivity index (χ1v) is 6.41. The lowest BCUT2D eigenvalue weighted by molar-refractivity contribution is -0.143. The van der Waals surface area contributed by atoms with E-state index in [2.05, 4.69) is 4.74 Å². The largest absolute Gasteiger partial charge is 0.469 e. The van der Waals surface area contributed by atoms with Gasteiger partial charge in [0.05, 0.1) is 19.6 Å². The smallest absolute Gasteiger partial charge is 0.306 e. The van der Waals surface area contributed by atoms with Gasteiger partial charge in [0.2, 0.25) is 0 Å². The van der Waals surface area contributed by atoms with Crippen molar-refractivity contribution >= 4 is 18.0 Å². The summed E-state index contributed by atoms with van der Waals surface area (Å²) in [5, 5.41) is 0. The number of hydrogen-bond acceptors (Lipinski definition) is 5. The summed E-state index contributed by atoms with van der Waals surface area (Å²) >= 11 is 0. The number of rotatable bonds is 8. The Morgan fingerprint density at radius 2 is 1.90 bits per heavy atom. The lowest BCUT2D eigenvalue weighted by atomic mass is 9.94. The summed E-state index contributed by atoms with van der Waals surface area (Å²) in [6.07, 6.45) is 0.893.